The van der Waals surface area contributed by atoms with Gasteiger partial charge in [-0.05, 0) is 48.3 Å². The lowest BCUT2D eigenvalue weighted by atomic mass is 9.47. The molecule has 1 N–H and O–H groups in total. The summed E-state index contributed by atoms with van der Waals surface area (Å²) in [6, 6.07) is 0. The van der Waals surface area contributed by atoms with Crippen LogP contribution in [0.5, 0.6) is 0 Å². The van der Waals surface area contributed by atoms with E-state index in [4.69, 9.17) is 0 Å². The molecule has 0 bridgehead atoms. The van der Waals surface area contributed by atoms with Crippen LogP contribution in [0.1, 0.15) is 59.3 Å². The fourth-order valence-electron chi connectivity index (χ4n) is 4.83. The van der Waals surface area contributed by atoms with E-state index in [1.54, 1.807) is 0 Å². The molecule has 2 nitrogen and oxygen atoms in total. The monoisotopic (exact) mass is 250 g/mol. The summed E-state index contributed by atoms with van der Waals surface area (Å²) in [6.07, 6.45) is 6.14. The minimum Gasteiger partial charge on any atom is -0.481 e. The lowest BCUT2D eigenvalue weighted by molar-refractivity contribution is -0.141. The molecule has 2 fully saturated rings. The van der Waals surface area contributed by atoms with Crippen molar-refractivity contribution in [3.05, 3.63) is 12.2 Å². The molecule has 0 aliphatic heterocycles. The maximum Gasteiger partial charge on any atom is 0.303 e. The molecule has 0 radical (unpaired) electrons. The van der Waals surface area contributed by atoms with Crippen LogP contribution in [0.15, 0.2) is 12.2 Å². The Labute approximate surface area is 110 Å². The van der Waals surface area contributed by atoms with Crippen LogP contribution < -0.4 is 0 Å². The minimum atomic E-state index is -0.675. The van der Waals surface area contributed by atoms with Crippen molar-refractivity contribution in [1.82, 2.24) is 0 Å². The van der Waals surface area contributed by atoms with Gasteiger partial charge in [0.2, 0.25) is 0 Å². The Balaban J connectivity index is 2.33. The molecule has 102 valence electrons. The number of fused-ring (bicyclic) bond motifs is 1. The first kappa shape index (κ1) is 13.6. The van der Waals surface area contributed by atoms with Crippen molar-refractivity contribution in [2.45, 2.75) is 59.3 Å². The number of hydrogen-bond acceptors (Lipinski definition) is 1. The molecule has 0 saturated heterocycles. The molecule has 2 heteroatoms. The van der Waals surface area contributed by atoms with Crippen molar-refractivity contribution >= 4 is 5.97 Å². The molecular weight excluding hydrogens is 224 g/mol. The van der Waals surface area contributed by atoms with Crippen LogP contribution >= 0.6 is 0 Å². The van der Waals surface area contributed by atoms with Crippen molar-refractivity contribution in [2.75, 3.05) is 0 Å². The van der Waals surface area contributed by atoms with E-state index in [0.717, 1.165) is 12.8 Å². The smallest absolute Gasteiger partial charge is 0.303 e. The van der Waals surface area contributed by atoms with Crippen LogP contribution in [0, 0.1) is 22.7 Å². The quantitative estimate of drug-likeness (QED) is 0.743. The van der Waals surface area contributed by atoms with Gasteiger partial charge in [0.1, 0.15) is 0 Å². The van der Waals surface area contributed by atoms with Crippen LogP contribution in [-0.4, -0.2) is 11.1 Å². The number of allylic oxidation sites excluding steroid dienone is 1. The van der Waals surface area contributed by atoms with E-state index >= 15 is 0 Å². The molecule has 3 atom stereocenters. The third-order valence-electron chi connectivity index (χ3n) is 5.70. The summed E-state index contributed by atoms with van der Waals surface area (Å²) in [5.41, 5.74) is 1.67. The average molecular weight is 250 g/mol. The normalized spacial score (nSPS) is 39.2. The number of carboxylic acid groups (broad SMARTS) is 1. The highest BCUT2D eigenvalue weighted by atomic mass is 16.4. The van der Waals surface area contributed by atoms with Gasteiger partial charge in [0.15, 0.2) is 0 Å². The average Bonchev–Trinajstić information content (AvgIpc) is 2.22. The summed E-state index contributed by atoms with van der Waals surface area (Å²) in [6.45, 7) is 11.2. The standard InChI is InChI=1S/C16H26O2/c1-11-6-7-13-15(2,3)8-5-9-16(13,4)12(11)10-14(17)18/h12-13H,1,5-10H2,2-4H3,(H,17,18)/t12-,13?,16-/m1/s1. The predicted octanol–water partition coefficient (Wildman–Crippen LogP) is 4.26. The second kappa shape index (κ2) is 4.40. The third kappa shape index (κ3) is 2.10. The maximum atomic E-state index is 11.2. The first-order valence-electron chi connectivity index (χ1n) is 7.17. The molecule has 0 aromatic rings. The number of carboxylic acids is 1. The van der Waals surface area contributed by atoms with Crippen molar-refractivity contribution in [1.29, 1.82) is 0 Å². The molecule has 2 aliphatic carbocycles. The minimum absolute atomic E-state index is 0.148. The van der Waals surface area contributed by atoms with Crippen molar-refractivity contribution < 1.29 is 9.90 Å². The SMILES string of the molecule is C=C1CCC2C(C)(C)CCC[C@]2(C)[C@@H]1CC(=O)O. The summed E-state index contributed by atoms with van der Waals surface area (Å²) in [7, 11) is 0. The fraction of sp³-hybridized carbons (Fsp3) is 0.812. The number of hydrogen-bond donors (Lipinski definition) is 1. The number of rotatable bonds is 2. The zero-order valence-electron chi connectivity index (χ0n) is 12.0. The highest BCUT2D eigenvalue weighted by Gasteiger charge is 2.53. The van der Waals surface area contributed by atoms with Gasteiger partial charge in [-0.25, -0.2) is 0 Å². The van der Waals surface area contributed by atoms with Gasteiger partial charge in [-0.1, -0.05) is 39.3 Å². The van der Waals surface area contributed by atoms with Gasteiger partial charge in [-0.2, -0.15) is 0 Å². The van der Waals surface area contributed by atoms with E-state index in [0.29, 0.717) is 11.3 Å². The Bertz CT molecular complexity index is 369. The molecule has 1 unspecified atom stereocenters. The Kier molecular flexibility index (Phi) is 3.33. The molecule has 2 saturated carbocycles. The molecule has 0 aromatic heterocycles. The van der Waals surface area contributed by atoms with Gasteiger partial charge < -0.3 is 5.11 Å². The Morgan fingerprint density at radius 2 is 2.06 bits per heavy atom. The van der Waals surface area contributed by atoms with Gasteiger partial charge in [-0.3, -0.25) is 4.79 Å². The zero-order chi connectivity index (χ0) is 13.6. The predicted molar refractivity (Wildman–Crippen MR) is 73.3 cm³/mol. The largest absolute Gasteiger partial charge is 0.481 e. The third-order valence-corrected chi connectivity index (χ3v) is 5.70. The molecular formula is C16H26O2. The van der Waals surface area contributed by atoms with Crippen LogP contribution in [0.25, 0.3) is 0 Å². The lowest BCUT2D eigenvalue weighted by Gasteiger charge is -2.57. The summed E-state index contributed by atoms with van der Waals surface area (Å²) < 4.78 is 0. The van der Waals surface area contributed by atoms with E-state index in [-0.39, 0.29) is 17.8 Å². The van der Waals surface area contributed by atoms with Crippen LogP contribution in [0.4, 0.5) is 0 Å². The van der Waals surface area contributed by atoms with Crippen LogP contribution in [0.2, 0.25) is 0 Å². The lowest BCUT2D eigenvalue weighted by Crippen LogP contribution is -2.49. The highest BCUT2D eigenvalue weighted by molar-refractivity contribution is 5.67. The topological polar surface area (TPSA) is 37.3 Å². The van der Waals surface area contributed by atoms with Crippen LogP contribution in [-0.2, 0) is 4.79 Å². The Morgan fingerprint density at radius 3 is 2.67 bits per heavy atom. The molecule has 0 spiro atoms. The number of carbonyl (C=O) groups is 1. The van der Waals surface area contributed by atoms with Gasteiger partial charge in [-0.15, -0.1) is 0 Å². The van der Waals surface area contributed by atoms with Crippen molar-refractivity contribution in [3.63, 3.8) is 0 Å². The van der Waals surface area contributed by atoms with E-state index in [1.165, 1.54) is 24.8 Å². The summed E-state index contributed by atoms with van der Waals surface area (Å²) in [5, 5.41) is 9.18. The Morgan fingerprint density at radius 1 is 1.39 bits per heavy atom. The molecule has 2 rings (SSSR count). The van der Waals surface area contributed by atoms with Crippen molar-refractivity contribution in [2.24, 2.45) is 22.7 Å². The zero-order valence-corrected chi connectivity index (χ0v) is 12.0. The number of aliphatic carboxylic acids is 1. The van der Waals surface area contributed by atoms with Gasteiger partial charge in [0.05, 0.1) is 6.42 Å². The second-order valence-corrected chi connectivity index (χ2v) is 7.25. The first-order valence-corrected chi connectivity index (χ1v) is 7.17. The maximum absolute atomic E-state index is 11.2. The first-order chi connectivity index (χ1) is 8.27. The van der Waals surface area contributed by atoms with E-state index in [2.05, 4.69) is 27.4 Å². The molecule has 18 heavy (non-hydrogen) atoms. The second-order valence-electron chi connectivity index (χ2n) is 7.25. The summed E-state index contributed by atoms with van der Waals surface area (Å²) in [5.74, 6) is 0.147. The van der Waals surface area contributed by atoms with E-state index in [9.17, 15) is 9.90 Å². The van der Waals surface area contributed by atoms with E-state index < -0.39 is 5.97 Å². The van der Waals surface area contributed by atoms with Gasteiger partial charge in [0, 0.05) is 0 Å². The molecule has 2 aliphatic rings. The van der Waals surface area contributed by atoms with Gasteiger partial charge >= 0.3 is 5.97 Å². The fourth-order valence-corrected chi connectivity index (χ4v) is 4.83. The molecule has 0 amide bonds. The highest BCUT2D eigenvalue weighted by Crippen LogP contribution is 2.61. The summed E-state index contributed by atoms with van der Waals surface area (Å²) >= 11 is 0. The van der Waals surface area contributed by atoms with E-state index in [1.807, 2.05) is 0 Å². The molecule has 0 heterocycles. The molecule has 0 aromatic carbocycles. The van der Waals surface area contributed by atoms with Crippen molar-refractivity contribution in [3.8, 4) is 0 Å². The van der Waals surface area contributed by atoms with Crippen LogP contribution in [0.3, 0.4) is 0 Å². The van der Waals surface area contributed by atoms with Gasteiger partial charge in [0.25, 0.3) is 0 Å². The Hall–Kier alpha value is -0.790. The summed E-state index contributed by atoms with van der Waals surface area (Å²) in [4.78, 5) is 11.2.